The van der Waals surface area contributed by atoms with E-state index in [-0.39, 0.29) is 15.7 Å². The first-order chi connectivity index (χ1) is 12.4. The molecule has 3 N–H and O–H groups in total. The fourth-order valence-corrected chi connectivity index (χ4v) is 2.66. The number of nitrogens with one attached hydrogen (secondary N) is 3. The Kier molecular flexibility index (Phi) is 7.41. The lowest BCUT2D eigenvalue weighted by Crippen LogP contribution is -2.48. The van der Waals surface area contributed by atoms with E-state index in [1.54, 1.807) is 30.3 Å². The molecule has 0 radical (unpaired) electrons. The van der Waals surface area contributed by atoms with Crippen molar-refractivity contribution in [2.75, 3.05) is 0 Å². The zero-order valence-corrected chi connectivity index (χ0v) is 16.1. The van der Waals surface area contributed by atoms with Crippen LogP contribution in [0.4, 0.5) is 0 Å². The topological polar surface area (TPSA) is 70.2 Å². The van der Waals surface area contributed by atoms with Gasteiger partial charge < -0.3 is 0 Å². The number of carbonyl (C=O) groups is 2. The van der Waals surface area contributed by atoms with Crippen molar-refractivity contribution in [2.45, 2.75) is 0 Å². The van der Waals surface area contributed by atoms with E-state index in [1.165, 1.54) is 24.3 Å². The third-order valence-electron chi connectivity index (χ3n) is 3.02. The molecule has 0 saturated heterocycles. The molecule has 0 aliphatic heterocycles. The van der Waals surface area contributed by atoms with Crippen LogP contribution in [0.3, 0.4) is 0 Å². The lowest BCUT2D eigenvalue weighted by molar-refractivity contribution is -0.115. The van der Waals surface area contributed by atoms with Gasteiger partial charge >= 0.3 is 0 Å². The Hall–Kier alpha value is -2.12. The zero-order chi connectivity index (χ0) is 19.1. The molecule has 0 aliphatic rings. The van der Waals surface area contributed by atoms with Gasteiger partial charge in [-0.15, -0.1) is 0 Å². The molecule has 0 saturated carbocycles. The van der Waals surface area contributed by atoms with Gasteiger partial charge in [-0.25, -0.2) is 0 Å². The highest BCUT2D eigenvalue weighted by Gasteiger charge is 2.11. The molecule has 9 heteroatoms. The van der Waals surface area contributed by atoms with Gasteiger partial charge in [-0.3, -0.25) is 25.8 Å². The monoisotopic (exact) mass is 427 g/mol. The van der Waals surface area contributed by atoms with Crippen molar-refractivity contribution in [3.8, 4) is 0 Å². The van der Waals surface area contributed by atoms with Crippen LogP contribution in [-0.2, 0) is 4.79 Å². The normalized spacial score (nSPS) is 10.4. The molecule has 0 spiro atoms. The second-order valence-electron chi connectivity index (χ2n) is 4.88. The smallest absolute Gasteiger partial charge is 0.271 e. The quantitative estimate of drug-likeness (QED) is 0.393. The number of hydrogen-bond donors (Lipinski definition) is 3. The number of hydrogen-bond acceptors (Lipinski definition) is 3. The van der Waals surface area contributed by atoms with Gasteiger partial charge in [0.05, 0.1) is 10.6 Å². The van der Waals surface area contributed by atoms with Crippen LogP contribution < -0.4 is 16.2 Å². The fraction of sp³-hybridized carbons (Fsp3) is 0. The van der Waals surface area contributed by atoms with Gasteiger partial charge in [-0.2, -0.15) is 0 Å². The fourth-order valence-electron chi connectivity index (χ4n) is 1.82. The number of benzene rings is 2. The Morgan fingerprint density at radius 3 is 2.38 bits per heavy atom. The van der Waals surface area contributed by atoms with Crippen LogP contribution in [0.2, 0.25) is 15.1 Å². The predicted octanol–water partition coefficient (Wildman–Crippen LogP) is 4.00. The van der Waals surface area contributed by atoms with E-state index in [9.17, 15) is 9.59 Å². The Balaban J connectivity index is 1.85. The van der Waals surface area contributed by atoms with Gasteiger partial charge in [-0.05, 0) is 48.1 Å². The largest absolute Gasteiger partial charge is 0.298 e. The maximum atomic E-state index is 12.0. The maximum Gasteiger partial charge on any atom is 0.271 e. The Bertz CT molecular complexity index is 887. The lowest BCUT2D eigenvalue weighted by atomic mass is 10.2. The minimum Gasteiger partial charge on any atom is -0.298 e. The molecule has 2 amide bonds. The van der Waals surface area contributed by atoms with Crippen LogP contribution in [0, 0.1) is 0 Å². The highest BCUT2D eigenvalue weighted by molar-refractivity contribution is 7.80. The summed E-state index contributed by atoms with van der Waals surface area (Å²) in [5.41, 5.74) is 5.63. The molecule has 2 aromatic rings. The van der Waals surface area contributed by atoms with E-state index in [0.29, 0.717) is 15.6 Å². The number of hydrazine groups is 1. The van der Waals surface area contributed by atoms with E-state index in [0.717, 1.165) is 0 Å². The minimum atomic E-state index is -0.533. The summed E-state index contributed by atoms with van der Waals surface area (Å²) in [6.07, 6.45) is 2.82. The summed E-state index contributed by atoms with van der Waals surface area (Å²) in [7, 11) is 0. The summed E-state index contributed by atoms with van der Waals surface area (Å²) in [4.78, 5) is 23.8. The van der Waals surface area contributed by atoms with E-state index in [2.05, 4.69) is 16.2 Å². The molecule has 0 fully saturated rings. The molecule has 134 valence electrons. The van der Waals surface area contributed by atoms with E-state index in [1.807, 2.05) is 0 Å². The predicted molar refractivity (Wildman–Crippen MR) is 108 cm³/mol. The first-order valence-corrected chi connectivity index (χ1v) is 8.70. The van der Waals surface area contributed by atoms with Crippen molar-refractivity contribution >= 4 is 70.0 Å². The second-order valence-corrected chi connectivity index (χ2v) is 6.54. The molecular weight excluding hydrogens is 417 g/mol. The first kappa shape index (κ1) is 20.2. The van der Waals surface area contributed by atoms with Gasteiger partial charge in [0.2, 0.25) is 5.91 Å². The Morgan fingerprint density at radius 1 is 0.962 bits per heavy atom. The summed E-state index contributed by atoms with van der Waals surface area (Å²) >= 11 is 22.6. The van der Waals surface area contributed by atoms with Gasteiger partial charge in [0.15, 0.2) is 5.11 Å². The first-order valence-electron chi connectivity index (χ1n) is 7.16. The van der Waals surface area contributed by atoms with Crippen molar-refractivity contribution < 1.29 is 9.59 Å². The summed E-state index contributed by atoms with van der Waals surface area (Å²) in [5.74, 6) is -1.02. The highest BCUT2D eigenvalue weighted by atomic mass is 35.5. The third kappa shape index (κ3) is 6.00. The molecule has 0 bridgehead atoms. The van der Waals surface area contributed by atoms with Crippen LogP contribution in [0.1, 0.15) is 15.9 Å². The standard InChI is InChI=1S/C17H12Cl3N3O2S/c18-11-6-7-12(14(20)9-11)16(25)22-23-17(26)21-15(24)8-5-10-3-1-2-4-13(10)19/h1-9H,(H,22,25)(H2,21,23,24,26). The zero-order valence-electron chi connectivity index (χ0n) is 13.1. The van der Waals surface area contributed by atoms with E-state index >= 15 is 0 Å². The molecule has 0 unspecified atom stereocenters. The van der Waals surface area contributed by atoms with E-state index in [4.69, 9.17) is 47.0 Å². The van der Waals surface area contributed by atoms with Crippen LogP contribution in [0.15, 0.2) is 48.5 Å². The van der Waals surface area contributed by atoms with Crippen molar-refractivity contribution in [2.24, 2.45) is 0 Å². The Morgan fingerprint density at radius 2 is 1.69 bits per heavy atom. The molecule has 26 heavy (non-hydrogen) atoms. The summed E-state index contributed by atoms with van der Waals surface area (Å²) in [6.45, 7) is 0. The van der Waals surface area contributed by atoms with Gasteiger partial charge in [0, 0.05) is 16.1 Å². The number of amides is 2. The molecule has 0 heterocycles. The van der Waals surface area contributed by atoms with Crippen LogP contribution in [-0.4, -0.2) is 16.9 Å². The number of halogens is 3. The summed E-state index contributed by atoms with van der Waals surface area (Å²) < 4.78 is 0. The molecule has 2 aromatic carbocycles. The van der Waals surface area contributed by atoms with Gasteiger partial charge in [0.25, 0.3) is 5.91 Å². The van der Waals surface area contributed by atoms with Crippen molar-refractivity contribution in [1.82, 2.24) is 16.2 Å². The van der Waals surface area contributed by atoms with Gasteiger partial charge in [0.1, 0.15) is 0 Å². The van der Waals surface area contributed by atoms with Crippen molar-refractivity contribution in [3.63, 3.8) is 0 Å². The van der Waals surface area contributed by atoms with Crippen LogP contribution in [0.5, 0.6) is 0 Å². The molecular formula is C17H12Cl3N3O2S. The second kappa shape index (κ2) is 9.54. The number of carbonyl (C=O) groups excluding carboxylic acids is 2. The minimum absolute atomic E-state index is 0.0859. The molecule has 0 aromatic heterocycles. The third-order valence-corrected chi connectivity index (χ3v) is 4.12. The van der Waals surface area contributed by atoms with E-state index < -0.39 is 11.8 Å². The van der Waals surface area contributed by atoms with Crippen LogP contribution >= 0.6 is 47.0 Å². The average molecular weight is 429 g/mol. The molecule has 0 atom stereocenters. The summed E-state index contributed by atoms with van der Waals surface area (Å²) in [6, 6.07) is 11.5. The SMILES string of the molecule is O=C(C=Cc1ccccc1Cl)NC(=S)NNC(=O)c1ccc(Cl)cc1Cl. The average Bonchev–Trinajstić information content (AvgIpc) is 2.59. The number of thiocarbonyl (C=S) groups is 1. The highest BCUT2D eigenvalue weighted by Crippen LogP contribution is 2.20. The Labute approximate surface area is 170 Å². The van der Waals surface area contributed by atoms with Crippen LogP contribution in [0.25, 0.3) is 6.08 Å². The van der Waals surface area contributed by atoms with Crippen molar-refractivity contribution in [1.29, 1.82) is 0 Å². The molecule has 5 nitrogen and oxygen atoms in total. The van der Waals surface area contributed by atoms with Crippen molar-refractivity contribution in [3.05, 3.63) is 74.7 Å². The lowest BCUT2D eigenvalue weighted by Gasteiger charge is -2.10. The molecule has 0 aliphatic carbocycles. The number of rotatable bonds is 3. The maximum absolute atomic E-state index is 12.0. The van der Waals surface area contributed by atoms with Gasteiger partial charge in [-0.1, -0.05) is 53.0 Å². The summed E-state index contributed by atoms with van der Waals surface area (Å²) in [5, 5.41) is 3.41. The molecule has 2 rings (SSSR count).